The van der Waals surface area contributed by atoms with Crippen LogP contribution in [-0.4, -0.2) is 28.0 Å². The Kier molecular flexibility index (Phi) is 5.73. The Labute approximate surface area is 211 Å². The Bertz CT molecular complexity index is 1260. The normalized spacial score (nSPS) is 32.7. The van der Waals surface area contributed by atoms with Crippen molar-refractivity contribution in [3.05, 3.63) is 70.8 Å². The second-order valence-electron chi connectivity index (χ2n) is 11.5. The minimum absolute atomic E-state index is 0.0376. The summed E-state index contributed by atoms with van der Waals surface area (Å²) in [6, 6.07) is 7.43. The summed E-state index contributed by atoms with van der Waals surface area (Å²) >= 11 is 0. The average molecular weight is 489 g/mol. The van der Waals surface area contributed by atoms with Crippen LogP contribution in [0.1, 0.15) is 84.8 Å². The number of benzene rings is 1. The van der Waals surface area contributed by atoms with Crippen LogP contribution in [-0.2, 0) is 11.2 Å². The van der Waals surface area contributed by atoms with Crippen molar-refractivity contribution in [3.63, 3.8) is 0 Å². The van der Waals surface area contributed by atoms with Gasteiger partial charge < -0.3 is 10.4 Å². The topological polar surface area (TPSA) is 79.3 Å². The lowest BCUT2D eigenvalue weighted by Gasteiger charge is -2.50. The van der Waals surface area contributed by atoms with Gasteiger partial charge in [-0.2, -0.15) is 0 Å². The molecule has 0 aliphatic heterocycles. The molecule has 4 aliphatic rings. The lowest BCUT2D eigenvalue weighted by molar-refractivity contribution is -0.142. The highest BCUT2D eigenvalue weighted by Crippen LogP contribution is 2.63. The number of aryl methyl sites for hydroxylation is 1. The lowest BCUT2D eigenvalue weighted by atomic mass is 9.54. The van der Waals surface area contributed by atoms with E-state index in [0.29, 0.717) is 29.7 Å². The zero-order valence-electron chi connectivity index (χ0n) is 20.7. The van der Waals surface area contributed by atoms with Crippen LogP contribution >= 0.6 is 0 Å². The van der Waals surface area contributed by atoms with Gasteiger partial charge in [-0.05, 0) is 109 Å². The molecule has 6 atom stereocenters. The molecule has 1 heterocycles. The van der Waals surface area contributed by atoms with Gasteiger partial charge in [-0.1, -0.05) is 25.5 Å². The quantitative estimate of drug-likeness (QED) is 0.574. The number of aliphatic carboxylic acids is 1. The number of pyridine rings is 1. The molecule has 6 rings (SSSR count). The standard InChI is InChI=1S/C30H33FN2O3/c1-30-12-11-22-21-7-6-18(28(34)33-27-4-2-3-24(27)29(35)36)13-17(21)5-8-23(22)26(30)10-9-25(30)19-14-20(31)16-32-15-19/h6-7,9,13-16,22-24,26-27H,2-5,8,10-12H2,1H3,(H,33,34)(H,35,36)/t22-,23?,24+,26+,27-,30-/m1/s1. The number of nitrogens with one attached hydrogen (secondary N) is 1. The van der Waals surface area contributed by atoms with E-state index in [0.717, 1.165) is 50.5 Å². The number of carbonyl (C=O) groups excluding carboxylic acids is 1. The van der Waals surface area contributed by atoms with Crippen molar-refractivity contribution in [3.8, 4) is 0 Å². The molecule has 0 saturated heterocycles. The fourth-order valence-electron chi connectivity index (χ4n) is 7.98. The summed E-state index contributed by atoms with van der Waals surface area (Å²) in [5.74, 6) is -0.182. The Morgan fingerprint density at radius 3 is 2.81 bits per heavy atom. The van der Waals surface area contributed by atoms with E-state index < -0.39 is 11.9 Å². The average Bonchev–Trinajstić information content (AvgIpc) is 3.47. The molecule has 2 saturated carbocycles. The van der Waals surface area contributed by atoms with Crippen molar-refractivity contribution in [2.24, 2.45) is 23.2 Å². The number of hydrogen-bond acceptors (Lipinski definition) is 3. The van der Waals surface area contributed by atoms with Crippen molar-refractivity contribution in [2.45, 2.75) is 70.3 Å². The Morgan fingerprint density at radius 2 is 2.00 bits per heavy atom. The SMILES string of the molecule is C[C@]12CC[C@@H]3c4ccc(C(=O)N[C@@H]5CCC[C@@H]5C(=O)O)cc4CCC3[C@@H]1CC=C2c1cncc(F)c1. The first-order valence-corrected chi connectivity index (χ1v) is 13.3. The molecule has 4 aliphatic carbocycles. The van der Waals surface area contributed by atoms with Gasteiger partial charge in [-0.25, -0.2) is 4.39 Å². The number of fused-ring (bicyclic) bond motifs is 5. The molecular formula is C30H33FN2O3. The van der Waals surface area contributed by atoms with Gasteiger partial charge in [0.1, 0.15) is 5.82 Å². The van der Waals surface area contributed by atoms with Crippen LogP contribution in [0, 0.1) is 29.0 Å². The van der Waals surface area contributed by atoms with Crippen molar-refractivity contribution in [2.75, 3.05) is 0 Å². The van der Waals surface area contributed by atoms with Crippen molar-refractivity contribution in [1.29, 1.82) is 0 Å². The number of amides is 1. The summed E-state index contributed by atoms with van der Waals surface area (Å²) in [6.07, 6.45) is 12.8. The molecule has 6 heteroatoms. The first kappa shape index (κ1) is 23.4. The molecule has 188 valence electrons. The van der Waals surface area contributed by atoms with Crippen molar-refractivity contribution >= 4 is 17.4 Å². The molecule has 2 N–H and O–H groups in total. The number of allylic oxidation sites excluding steroid dienone is 2. The van der Waals surface area contributed by atoms with E-state index >= 15 is 0 Å². The number of halogens is 1. The number of rotatable bonds is 4. The predicted octanol–water partition coefficient (Wildman–Crippen LogP) is 5.75. The van der Waals surface area contributed by atoms with E-state index in [-0.39, 0.29) is 23.2 Å². The summed E-state index contributed by atoms with van der Waals surface area (Å²) < 4.78 is 13.9. The number of aromatic nitrogens is 1. The highest BCUT2D eigenvalue weighted by Gasteiger charge is 2.52. The van der Waals surface area contributed by atoms with Crippen LogP contribution in [0.15, 0.2) is 42.7 Å². The van der Waals surface area contributed by atoms with Crippen LogP contribution in [0.25, 0.3) is 5.57 Å². The molecule has 0 spiro atoms. The van der Waals surface area contributed by atoms with E-state index in [2.05, 4.69) is 29.4 Å². The zero-order chi connectivity index (χ0) is 25.0. The Morgan fingerprint density at radius 1 is 1.14 bits per heavy atom. The number of carboxylic acids is 1. The molecule has 36 heavy (non-hydrogen) atoms. The molecule has 1 aromatic heterocycles. The molecule has 2 fully saturated rings. The number of carboxylic acid groups (broad SMARTS) is 1. The third-order valence-electron chi connectivity index (χ3n) is 9.74. The van der Waals surface area contributed by atoms with E-state index in [1.54, 1.807) is 12.3 Å². The van der Waals surface area contributed by atoms with E-state index in [4.69, 9.17) is 0 Å². The number of hydrogen-bond donors (Lipinski definition) is 2. The summed E-state index contributed by atoms with van der Waals surface area (Å²) in [5.41, 5.74) is 5.47. The van der Waals surface area contributed by atoms with Crippen LogP contribution in [0.5, 0.6) is 0 Å². The second-order valence-corrected chi connectivity index (χ2v) is 11.5. The van der Waals surface area contributed by atoms with Gasteiger partial charge in [0.15, 0.2) is 0 Å². The molecule has 1 amide bonds. The highest BCUT2D eigenvalue weighted by molar-refractivity contribution is 5.95. The maximum Gasteiger partial charge on any atom is 0.308 e. The minimum atomic E-state index is -0.822. The third kappa shape index (κ3) is 3.77. The Balaban J connectivity index is 1.20. The number of nitrogens with zero attached hydrogens (tertiary/aromatic N) is 1. The minimum Gasteiger partial charge on any atom is -0.481 e. The summed E-state index contributed by atoms with van der Waals surface area (Å²) in [4.78, 5) is 28.6. The van der Waals surface area contributed by atoms with Gasteiger partial charge in [0.2, 0.25) is 0 Å². The van der Waals surface area contributed by atoms with E-state index in [1.807, 2.05) is 12.1 Å². The van der Waals surface area contributed by atoms with Crippen molar-refractivity contribution < 1.29 is 19.1 Å². The molecule has 0 bridgehead atoms. The molecule has 0 radical (unpaired) electrons. The molecule has 2 aromatic rings. The maximum atomic E-state index is 13.9. The van der Waals surface area contributed by atoms with Crippen molar-refractivity contribution in [1.82, 2.24) is 10.3 Å². The zero-order valence-corrected chi connectivity index (χ0v) is 20.7. The van der Waals surface area contributed by atoms with Gasteiger partial charge >= 0.3 is 5.97 Å². The Hall–Kier alpha value is -3.02. The summed E-state index contributed by atoms with van der Waals surface area (Å²) in [5, 5.41) is 12.4. The number of carbonyl (C=O) groups is 2. The van der Waals surface area contributed by atoms with Crippen LogP contribution < -0.4 is 5.32 Å². The third-order valence-corrected chi connectivity index (χ3v) is 9.74. The fourth-order valence-corrected chi connectivity index (χ4v) is 7.98. The second kappa shape index (κ2) is 8.82. The van der Waals surface area contributed by atoms with Gasteiger partial charge in [-0.15, -0.1) is 0 Å². The molecular weight excluding hydrogens is 455 g/mol. The largest absolute Gasteiger partial charge is 0.481 e. The first-order valence-electron chi connectivity index (χ1n) is 13.3. The molecule has 1 aromatic carbocycles. The van der Waals surface area contributed by atoms with E-state index in [1.165, 1.54) is 22.9 Å². The monoisotopic (exact) mass is 488 g/mol. The predicted molar refractivity (Wildman–Crippen MR) is 135 cm³/mol. The highest BCUT2D eigenvalue weighted by atomic mass is 19.1. The maximum absolute atomic E-state index is 13.9. The van der Waals surface area contributed by atoms with Crippen LogP contribution in [0.4, 0.5) is 4.39 Å². The van der Waals surface area contributed by atoms with E-state index in [9.17, 15) is 19.1 Å². The molecule has 1 unspecified atom stereocenters. The summed E-state index contributed by atoms with van der Waals surface area (Å²) in [7, 11) is 0. The fraction of sp³-hybridized carbons (Fsp3) is 0.500. The van der Waals surface area contributed by atoms with Gasteiger partial charge in [0.25, 0.3) is 5.91 Å². The van der Waals surface area contributed by atoms with Crippen LogP contribution in [0.3, 0.4) is 0 Å². The summed E-state index contributed by atoms with van der Waals surface area (Å²) in [6.45, 7) is 2.36. The van der Waals surface area contributed by atoms with Gasteiger partial charge in [0.05, 0.1) is 12.1 Å². The lowest BCUT2D eigenvalue weighted by Crippen LogP contribution is -2.41. The first-order chi connectivity index (χ1) is 17.3. The molecule has 5 nitrogen and oxygen atoms in total. The smallest absolute Gasteiger partial charge is 0.308 e. The van der Waals surface area contributed by atoms with Gasteiger partial charge in [-0.3, -0.25) is 14.6 Å². The van der Waals surface area contributed by atoms with Gasteiger partial charge in [0, 0.05) is 17.8 Å². The van der Waals surface area contributed by atoms with Crippen LogP contribution in [0.2, 0.25) is 0 Å².